The molecule has 0 radical (unpaired) electrons. The molecular formula is C17H25N3O5S. The normalized spacial score (nSPS) is 18.3. The number of methoxy groups -OCH3 is 1. The van der Waals surface area contributed by atoms with Gasteiger partial charge in [-0.15, -0.1) is 0 Å². The quantitative estimate of drug-likeness (QED) is 0.678. The molecule has 2 amide bonds. The van der Waals surface area contributed by atoms with Gasteiger partial charge < -0.3 is 15.4 Å². The van der Waals surface area contributed by atoms with Crippen LogP contribution in [0.2, 0.25) is 0 Å². The molecule has 26 heavy (non-hydrogen) atoms. The van der Waals surface area contributed by atoms with Crippen LogP contribution in [0.25, 0.3) is 0 Å². The summed E-state index contributed by atoms with van der Waals surface area (Å²) in [6.45, 7) is 2.76. The average molecular weight is 383 g/mol. The molecule has 1 fully saturated rings. The number of rotatable bonds is 7. The number of piperidine rings is 1. The van der Waals surface area contributed by atoms with Gasteiger partial charge in [0.25, 0.3) is 0 Å². The van der Waals surface area contributed by atoms with E-state index in [-0.39, 0.29) is 29.2 Å². The van der Waals surface area contributed by atoms with Crippen molar-refractivity contribution in [2.24, 2.45) is 5.92 Å². The molecule has 1 atom stereocenters. The van der Waals surface area contributed by atoms with Crippen molar-refractivity contribution in [2.45, 2.75) is 24.7 Å². The van der Waals surface area contributed by atoms with E-state index in [2.05, 4.69) is 10.6 Å². The molecule has 0 aromatic heterocycles. The first kappa shape index (κ1) is 20.3. The Morgan fingerprint density at radius 3 is 2.58 bits per heavy atom. The second-order valence-electron chi connectivity index (χ2n) is 6.19. The summed E-state index contributed by atoms with van der Waals surface area (Å²) in [4.78, 5) is 23.4. The lowest BCUT2D eigenvalue weighted by Crippen LogP contribution is -2.45. The van der Waals surface area contributed by atoms with E-state index >= 15 is 0 Å². The van der Waals surface area contributed by atoms with E-state index in [0.717, 1.165) is 0 Å². The van der Waals surface area contributed by atoms with Gasteiger partial charge in [-0.2, -0.15) is 4.31 Å². The van der Waals surface area contributed by atoms with Gasteiger partial charge in [-0.05, 0) is 37.1 Å². The van der Waals surface area contributed by atoms with Crippen LogP contribution in [0.1, 0.15) is 19.8 Å². The maximum Gasteiger partial charge on any atom is 0.243 e. The third-order valence-electron chi connectivity index (χ3n) is 4.17. The highest BCUT2D eigenvalue weighted by molar-refractivity contribution is 7.89. The van der Waals surface area contributed by atoms with Crippen molar-refractivity contribution >= 4 is 27.5 Å². The summed E-state index contributed by atoms with van der Waals surface area (Å²) >= 11 is 0. The zero-order valence-electron chi connectivity index (χ0n) is 15.0. The maximum atomic E-state index is 12.8. The zero-order valence-corrected chi connectivity index (χ0v) is 15.8. The summed E-state index contributed by atoms with van der Waals surface area (Å²) in [6.07, 6.45) is 1.29. The molecule has 1 aromatic carbocycles. The van der Waals surface area contributed by atoms with Crippen LogP contribution in [0.15, 0.2) is 29.2 Å². The number of hydrogen-bond acceptors (Lipinski definition) is 5. The number of hydrogen-bond donors (Lipinski definition) is 2. The van der Waals surface area contributed by atoms with E-state index in [1.807, 2.05) is 0 Å². The van der Waals surface area contributed by atoms with E-state index < -0.39 is 10.0 Å². The Kier molecular flexibility index (Phi) is 7.13. The molecule has 0 bridgehead atoms. The summed E-state index contributed by atoms with van der Waals surface area (Å²) in [5.74, 6) is -0.740. The van der Waals surface area contributed by atoms with Crippen molar-refractivity contribution in [2.75, 3.05) is 38.7 Å². The van der Waals surface area contributed by atoms with Crippen molar-refractivity contribution < 1.29 is 22.7 Å². The van der Waals surface area contributed by atoms with E-state index in [4.69, 9.17) is 4.74 Å². The highest BCUT2D eigenvalue weighted by Gasteiger charge is 2.33. The van der Waals surface area contributed by atoms with E-state index in [1.54, 1.807) is 19.2 Å². The fourth-order valence-corrected chi connectivity index (χ4v) is 4.38. The predicted molar refractivity (Wildman–Crippen MR) is 97.1 cm³/mol. The van der Waals surface area contributed by atoms with E-state index in [1.165, 1.54) is 23.4 Å². The van der Waals surface area contributed by atoms with Gasteiger partial charge in [0.2, 0.25) is 21.8 Å². The first-order valence-electron chi connectivity index (χ1n) is 8.49. The Hall–Kier alpha value is -1.97. The van der Waals surface area contributed by atoms with Gasteiger partial charge in [0.05, 0.1) is 17.4 Å². The average Bonchev–Trinajstić information content (AvgIpc) is 2.62. The van der Waals surface area contributed by atoms with Crippen LogP contribution in [-0.4, -0.2) is 57.9 Å². The van der Waals surface area contributed by atoms with Gasteiger partial charge in [-0.3, -0.25) is 9.59 Å². The predicted octanol–water partition coefficient (Wildman–Crippen LogP) is 0.808. The van der Waals surface area contributed by atoms with Crippen molar-refractivity contribution in [1.82, 2.24) is 9.62 Å². The molecule has 1 saturated heterocycles. The first-order chi connectivity index (χ1) is 12.3. The molecule has 1 heterocycles. The van der Waals surface area contributed by atoms with Crippen molar-refractivity contribution in [3.63, 3.8) is 0 Å². The number of ether oxygens (including phenoxy) is 1. The van der Waals surface area contributed by atoms with Crippen LogP contribution >= 0.6 is 0 Å². The number of carbonyl (C=O) groups excluding carboxylic acids is 2. The number of sulfonamides is 1. The van der Waals surface area contributed by atoms with Gasteiger partial charge in [0, 0.05) is 39.4 Å². The highest BCUT2D eigenvalue weighted by atomic mass is 32.2. The summed E-state index contributed by atoms with van der Waals surface area (Å²) < 4.78 is 31.9. The van der Waals surface area contributed by atoms with Crippen LogP contribution in [0.5, 0.6) is 0 Å². The van der Waals surface area contributed by atoms with E-state index in [0.29, 0.717) is 38.2 Å². The lowest BCUT2D eigenvalue weighted by atomic mass is 9.99. The summed E-state index contributed by atoms with van der Waals surface area (Å²) in [5.41, 5.74) is 0.533. The van der Waals surface area contributed by atoms with Crippen LogP contribution in [0.4, 0.5) is 5.69 Å². The summed E-state index contributed by atoms with van der Waals surface area (Å²) in [5, 5.41) is 5.36. The minimum absolute atomic E-state index is 0.145. The monoisotopic (exact) mass is 383 g/mol. The fraction of sp³-hybridized carbons (Fsp3) is 0.529. The fourth-order valence-electron chi connectivity index (χ4n) is 2.86. The Bertz CT molecular complexity index is 733. The van der Waals surface area contributed by atoms with Crippen molar-refractivity contribution in [3.05, 3.63) is 24.3 Å². The minimum atomic E-state index is -3.68. The summed E-state index contributed by atoms with van der Waals surface area (Å²) in [6, 6.07) is 6.02. The molecule has 0 saturated carbocycles. The molecule has 0 unspecified atom stereocenters. The molecule has 1 aliphatic rings. The largest absolute Gasteiger partial charge is 0.383 e. The van der Waals surface area contributed by atoms with Gasteiger partial charge in [0.15, 0.2) is 0 Å². The number of amides is 2. The van der Waals surface area contributed by atoms with Crippen LogP contribution < -0.4 is 10.6 Å². The Morgan fingerprint density at radius 2 is 1.96 bits per heavy atom. The lowest BCUT2D eigenvalue weighted by Gasteiger charge is -2.31. The van der Waals surface area contributed by atoms with Gasteiger partial charge in [0.1, 0.15) is 0 Å². The first-order valence-corrected chi connectivity index (χ1v) is 9.93. The molecule has 0 spiro atoms. The third kappa shape index (κ3) is 5.26. The molecule has 0 aliphatic carbocycles. The Labute approximate surface area is 153 Å². The number of benzene rings is 1. The van der Waals surface area contributed by atoms with Gasteiger partial charge >= 0.3 is 0 Å². The SMILES string of the molecule is COCCNC(=O)[C@H]1CCCN(S(=O)(=O)c2ccc(NC(C)=O)cc2)C1. The zero-order chi connectivity index (χ0) is 19.2. The topological polar surface area (TPSA) is 105 Å². The van der Waals surface area contributed by atoms with Crippen LogP contribution in [-0.2, 0) is 24.3 Å². The molecular weight excluding hydrogens is 358 g/mol. The molecule has 1 aliphatic heterocycles. The van der Waals surface area contributed by atoms with E-state index in [9.17, 15) is 18.0 Å². The Morgan fingerprint density at radius 1 is 1.27 bits per heavy atom. The number of carbonyl (C=O) groups is 2. The molecule has 9 heteroatoms. The number of nitrogens with one attached hydrogen (secondary N) is 2. The Balaban J connectivity index is 2.05. The van der Waals surface area contributed by atoms with Crippen LogP contribution in [0, 0.1) is 5.92 Å². The van der Waals surface area contributed by atoms with Crippen molar-refractivity contribution in [1.29, 1.82) is 0 Å². The van der Waals surface area contributed by atoms with Gasteiger partial charge in [-0.25, -0.2) is 8.42 Å². The molecule has 2 rings (SSSR count). The van der Waals surface area contributed by atoms with Gasteiger partial charge in [-0.1, -0.05) is 0 Å². The molecule has 2 N–H and O–H groups in total. The standard InChI is InChI=1S/C17H25N3O5S/c1-13(21)19-15-5-7-16(8-6-15)26(23,24)20-10-3-4-14(12-20)17(22)18-9-11-25-2/h5-8,14H,3-4,9-12H2,1-2H3,(H,18,22)(H,19,21)/t14-/m0/s1. The molecule has 144 valence electrons. The number of anilines is 1. The third-order valence-corrected chi connectivity index (χ3v) is 6.05. The maximum absolute atomic E-state index is 12.8. The van der Waals surface area contributed by atoms with Crippen molar-refractivity contribution in [3.8, 4) is 0 Å². The lowest BCUT2D eigenvalue weighted by molar-refractivity contribution is -0.126. The highest BCUT2D eigenvalue weighted by Crippen LogP contribution is 2.24. The smallest absolute Gasteiger partial charge is 0.243 e. The number of nitrogens with zero attached hydrogens (tertiary/aromatic N) is 1. The second-order valence-corrected chi connectivity index (χ2v) is 8.13. The summed E-state index contributed by atoms with van der Waals surface area (Å²) in [7, 11) is -2.13. The molecule has 8 nitrogen and oxygen atoms in total. The minimum Gasteiger partial charge on any atom is -0.383 e. The van der Waals surface area contributed by atoms with Crippen LogP contribution in [0.3, 0.4) is 0 Å². The second kappa shape index (κ2) is 9.11. The molecule has 1 aromatic rings.